The zero-order chi connectivity index (χ0) is 23.1. The fourth-order valence-corrected chi connectivity index (χ4v) is 6.14. The molecular weight excluding hydrogens is 428 g/mol. The summed E-state index contributed by atoms with van der Waals surface area (Å²) in [4.78, 5) is 0. The van der Waals surface area contributed by atoms with Crippen LogP contribution in [-0.2, 0) is 0 Å². The van der Waals surface area contributed by atoms with Crippen LogP contribution in [0.4, 0.5) is 0 Å². The minimum Gasteiger partial charge on any atom is -0.135 e. The average Bonchev–Trinajstić information content (AvgIpc) is 3.28. The van der Waals surface area contributed by atoms with Crippen LogP contribution in [0.15, 0.2) is 122 Å². The lowest BCUT2D eigenvalue weighted by molar-refractivity contribution is 1.59. The van der Waals surface area contributed by atoms with Crippen molar-refractivity contribution in [3.63, 3.8) is 0 Å². The second-order valence-corrected chi connectivity index (χ2v) is 9.63. The van der Waals surface area contributed by atoms with Crippen molar-refractivity contribution in [1.29, 1.82) is 0 Å². The van der Waals surface area contributed by atoms with Crippen molar-refractivity contribution < 1.29 is 0 Å². The molecule has 1 aromatic heterocycles. The zero-order valence-corrected chi connectivity index (χ0v) is 19.9. The van der Waals surface area contributed by atoms with Crippen molar-refractivity contribution in [2.45, 2.75) is 6.92 Å². The van der Waals surface area contributed by atoms with Gasteiger partial charge >= 0.3 is 0 Å². The van der Waals surface area contributed by atoms with E-state index in [1.54, 1.807) is 0 Å². The summed E-state index contributed by atoms with van der Waals surface area (Å²) in [6, 6.07) is 37.6. The Hall–Kier alpha value is -3.94. The van der Waals surface area contributed by atoms with E-state index in [-0.39, 0.29) is 0 Å². The third kappa shape index (κ3) is 3.37. The van der Waals surface area contributed by atoms with Gasteiger partial charge < -0.3 is 0 Å². The van der Waals surface area contributed by atoms with Crippen molar-refractivity contribution in [1.82, 2.24) is 0 Å². The number of fused-ring (bicyclic) bond motifs is 5. The lowest BCUT2D eigenvalue weighted by Crippen LogP contribution is -1.85. The van der Waals surface area contributed by atoms with Gasteiger partial charge in [-0.25, -0.2) is 0 Å². The van der Waals surface area contributed by atoms with Crippen LogP contribution in [0.5, 0.6) is 0 Å². The molecule has 0 aliphatic heterocycles. The van der Waals surface area contributed by atoms with Crippen molar-refractivity contribution >= 4 is 47.9 Å². The number of rotatable bonds is 4. The van der Waals surface area contributed by atoms with Gasteiger partial charge in [-0.05, 0) is 63.2 Å². The van der Waals surface area contributed by atoms with Crippen LogP contribution in [0.3, 0.4) is 0 Å². The van der Waals surface area contributed by atoms with E-state index in [9.17, 15) is 0 Å². The van der Waals surface area contributed by atoms with E-state index < -0.39 is 0 Å². The summed E-state index contributed by atoms with van der Waals surface area (Å²) in [5, 5.41) is 5.31. The van der Waals surface area contributed by atoms with Gasteiger partial charge in [-0.1, -0.05) is 110 Å². The lowest BCUT2D eigenvalue weighted by atomic mass is 9.93. The summed E-state index contributed by atoms with van der Waals surface area (Å²) in [5.41, 5.74) is 7.40. The molecule has 0 spiro atoms. The van der Waals surface area contributed by atoms with E-state index in [1.807, 2.05) is 17.4 Å². The van der Waals surface area contributed by atoms with Crippen molar-refractivity contribution in [3.05, 3.63) is 127 Å². The van der Waals surface area contributed by atoms with Crippen LogP contribution >= 0.6 is 11.3 Å². The lowest BCUT2D eigenvalue weighted by Gasteiger charge is -2.10. The standard InChI is InChI=1S/C33H24S/c1-3-22(4-2)24-14-16-25(17-15-24)30-21-32-33(28-13-9-8-12-27(28)30)29-19-18-26(20-31(29)34-32)23-10-6-5-7-11-23/h3-21H,1H2,2H3/b22-4+. The Balaban J connectivity index is 1.57. The predicted molar refractivity (Wildman–Crippen MR) is 152 cm³/mol. The average molecular weight is 453 g/mol. The highest BCUT2D eigenvalue weighted by atomic mass is 32.1. The van der Waals surface area contributed by atoms with E-state index in [4.69, 9.17) is 0 Å². The van der Waals surface area contributed by atoms with Crippen LogP contribution in [0.1, 0.15) is 12.5 Å². The zero-order valence-electron chi connectivity index (χ0n) is 19.1. The Bertz CT molecular complexity index is 1700. The topological polar surface area (TPSA) is 0 Å². The number of hydrogen-bond donors (Lipinski definition) is 0. The minimum absolute atomic E-state index is 1.16. The molecule has 0 saturated carbocycles. The molecule has 34 heavy (non-hydrogen) atoms. The van der Waals surface area contributed by atoms with Gasteiger partial charge in [0.15, 0.2) is 0 Å². The Morgan fingerprint density at radius 2 is 1.35 bits per heavy atom. The van der Waals surface area contributed by atoms with Gasteiger partial charge in [0, 0.05) is 20.2 Å². The summed E-state index contributed by atoms with van der Waals surface area (Å²) in [6.07, 6.45) is 4.02. The molecule has 1 heteroatoms. The summed E-state index contributed by atoms with van der Waals surface area (Å²) in [6.45, 7) is 6.00. The van der Waals surface area contributed by atoms with E-state index in [0.717, 1.165) is 5.57 Å². The summed E-state index contributed by atoms with van der Waals surface area (Å²) >= 11 is 1.89. The second kappa shape index (κ2) is 8.44. The first-order valence-electron chi connectivity index (χ1n) is 11.6. The highest BCUT2D eigenvalue weighted by Gasteiger charge is 2.14. The molecular formula is C33H24S. The van der Waals surface area contributed by atoms with Crippen LogP contribution in [0.25, 0.3) is 58.8 Å². The largest absolute Gasteiger partial charge is 0.135 e. The molecule has 0 bridgehead atoms. The van der Waals surface area contributed by atoms with Crippen molar-refractivity contribution in [2.24, 2.45) is 0 Å². The molecule has 0 nitrogen and oxygen atoms in total. The fraction of sp³-hybridized carbons (Fsp3) is 0.0303. The van der Waals surface area contributed by atoms with Crippen molar-refractivity contribution in [2.75, 3.05) is 0 Å². The molecule has 0 aliphatic carbocycles. The molecule has 0 aliphatic rings. The fourth-order valence-electron chi connectivity index (χ4n) is 4.93. The molecule has 0 N–H and O–H groups in total. The molecule has 0 amide bonds. The first-order chi connectivity index (χ1) is 16.8. The summed E-state index contributed by atoms with van der Waals surface area (Å²) in [5.74, 6) is 0. The first-order valence-corrected chi connectivity index (χ1v) is 12.4. The summed E-state index contributed by atoms with van der Waals surface area (Å²) < 4.78 is 2.66. The Morgan fingerprint density at radius 1 is 0.647 bits per heavy atom. The molecule has 0 saturated heterocycles. The van der Waals surface area contributed by atoms with Crippen LogP contribution in [-0.4, -0.2) is 0 Å². The molecule has 6 aromatic rings. The van der Waals surface area contributed by atoms with Gasteiger partial charge in [-0.2, -0.15) is 0 Å². The maximum atomic E-state index is 3.94. The maximum Gasteiger partial charge on any atom is 0.0368 e. The van der Waals surface area contributed by atoms with Gasteiger partial charge in [-0.15, -0.1) is 11.3 Å². The minimum atomic E-state index is 1.16. The molecule has 0 radical (unpaired) electrons. The van der Waals surface area contributed by atoms with Gasteiger partial charge in [0.1, 0.15) is 0 Å². The number of benzene rings is 5. The van der Waals surface area contributed by atoms with Crippen LogP contribution in [0.2, 0.25) is 0 Å². The second-order valence-electron chi connectivity index (χ2n) is 8.55. The Morgan fingerprint density at radius 3 is 2.09 bits per heavy atom. The van der Waals surface area contributed by atoms with Gasteiger partial charge in [0.05, 0.1) is 0 Å². The van der Waals surface area contributed by atoms with Gasteiger partial charge in [-0.3, -0.25) is 0 Å². The van der Waals surface area contributed by atoms with E-state index in [0.29, 0.717) is 0 Å². The highest BCUT2D eigenvalue weighted by molar-refractivity contribution is 7.26. The summed E-state index contributed by atoms with van der Waals surface area (Å²) in [7, 11) is 0. The molecule has 0 atom stereocenters. The molecule has 1 heterocycles. The SMILES string of the molecule is C=C/C(=C\C)c1ccc(-c2cc3sc4cc(-c5ccccc5)ccc4c3c3ccccc23)cc1. The third-order valence-corrected chi connectivity index (χ3v) is 7.75. The van der Waals surface area contributed by atoms with Crippen LogP contribution in [0, 0.1) is 0 Å². The first kappa shape index (κ1) is 20.7. The predicted octanol–water partition coefficient (Wildman–Crippen LogP) is 10.1. The Labute approximate surface area is 204 Å². The molecule has 0 fully saturated rings. The number of thiophene rings is 1. The molecule has 6 rings (SSSR count). The van der Waals surface area contributed by atoms with Gasteiger partial charge in [0.25, 0.3) is 0 Å². The molecule has 0 unspecified atom stereocenters. The highest BCUT2D eigenvalue weighted by Crippen LogP contribution is 2.43. The monoisotopic (exact) mass is 452 g/mol. The number of allylic oxidation sites excluding steroid dienone is 3. The third-order valence-electron chi connectivity index (χ3n) is 6.65. The normalized spacial score (nSPS) is 12.0. The smallest absolute Gasteiger partial charge is 0.0368 e. The van der Waals surface area contributed by atoms with E-state index in [2.05, 4.69) is 123 Å². The molecule has 162 valence electrons. The maximum absolute atomic E-state index is 3.94. The number of hydrogen-bond acceptors (Lipinski definition) is 1. The molecule has 5 aromatic carbocycles. The quantitative estimate of drug-likeness (QED) is 0.233. The van der Waals surface area contributed by atoms with Crippen LogP contribution < -0.4 is 0 Å². The Kier molecular flexibility index (Phi) is 5.13. The van der Waals surface area contributed by atoms with Crippen molar-refractivity contribution in [3.8, 4) is 22.3 Å². The van der Waals surface area contributed by atoms with E-state index in [1.165, 1.54) is 58.8 Å². The van der Waals surface area contributed by atoms with Gasteiger partial charge in [0.2, 0.25) is 0 Å². The van der Waals surface area contributed by atoms with E-state index >= 15 is 0 Å².